The van der Waals surface area contributed by atoms with E-state index in [9.17, 15) is 4.79 Å². The molecule has 30 heavy (non-hydrogen) atoms. The zero-order chi connectivity index (χ0) is 20.8. The van der Waals surface area contributed by atoms with Crippen molar-refractivity contribution in [2.75, 3.05) is 43.9 Å². The number of anilines is 1. The summed E-state index contributed by atoms with van der Waals surface area (Å²) in [6.45, 7) is 2.98. The maximum Gasteiger partial charge on any atom is 0.232 e. The van der Waals surface area contributed by atoms with Gasteiger partial charge in [0.25, 0.3) is 0 Å². The number of methoxy groups -OCH3 is 1. The SMILES string of the molecule is COc1cccc(-n2ccnc2N2CCN(C(=O)CSCc3ccccc3)CC2)c1. The number of piperazine rings is 1. The minimum atomic E-state index is 0.215. The van der Waals surface area contributed by atoms with Crippen molar-refractivity contribution in [1.82, 2.24) is 14.5 Å². The van der Waals surface area contributed by atoms with Gasteiger partial charge in [0, 0.05) is 50.4 Å². The number of rotatable bonds is 7. The summed E-state index contributed by atoms with van der Waals surface area (Å²) >= 11 is 1.68. The minimum absolute atomic E-state index is 0.215. The monoisotopic (exact) mass is 422 g/mol. The van der Waals surface area contributed by atoms with Gasteiger partial charge in [-0.2, -0.15) is 0 Å². The van der Waals surface area contributed by atoms with E-state index in [0.29, 0.717) is 5.75 Å². The Morgan fingerprint density at radius 2 is 1.87 bits per heavy atom. The maximum atomic E-state index is 12.6. The molecule has 2 heterocycles. The van der Waals surface area contributed by atoms with Gasteiger partial charge in [-0.25, -0.2) is 4.98 Å². The summed E-state index contributed by atoms with van der Waals surface area (Å²) in [5, 5.41) is 0. The van der Waals surface area contributed by atoms with E-state index >= 15 is 0 Å². The van der Waals surface area contributed by atoms with Gasteiger partial charge in [0.2, 0.25) is 11.9 Å². The zero-order valence-corrected chi connectivity index (χ0v) is 17.9. The quantitative estimate of drug-likeness (QED) is 0.584. The van der Waals surface area contributed by atoms with E-state index < -0.39 is 0 Å². The van der Waals surface area contributed by atoms with Gasteiger partial charge in [0.15, 0.2) is 0 Å². The number of imidazole rings is 1. The van der Waals surface area contributed by atoms with Crippen LogP contribution in [-0.4, -0.2) is 59.4 Å². The van der Waals surface area contributed by atoms with E-state index in [-0.39, 0.29) is 5.91 Å². The van der Waals surface area contributed by atoms with Gasteiger partial charge >= 0.3 is 0 Å². The highest BCUT2D eigenvalue weighted by molar-refractivity contribution is 7.99. The van der Waals surface area contributed by atoms with Gasteiger partial charge in [-0.15, -0.1) is 11.8 Å². The van der Waals surface area contributed by atoms with Crippen molar-refractivity contribution in [3.8, 4) is 11.4 Å². The van der Waals surface area contributed by atoms with Crippen molar-refractivity contribution in [1.29, 1.82) is 0 Å². The number of hydrogen-bond donors (Lipinski definition) is 0. The summed E-state index contributed by atoms with van der Waals surface area (Å²) < 4.78 is 7.41. The molecule has 0 radical (unpaired) electrons. The number of aromatic nitrogens is 2. The number of carbonyl (C=O) groups is 1. The van der Waals surface area contributed by atoms with Gasteiger partial charge in [-0.1, -0.05) is 36.4 Å². The predicted octanol–water partition coefficient (Wildman–Crippen LogP) is 3.46. The molecule has 7 heteroatoms. The Labute approximate surface area is 181 Å². The van der Waals surface area contributed by atoms with Crippen LogP contribution < -0.4 is 9.64 Å². The average molecular weight is 423 g/mol. The Hall–Kier alpha value is -2.93. The Morgan fingerprint density at radius 3 is 2.63 bits per heavy atom. The van der Waals surface area contributed by atoms with Crippen LogP contribution in [-0.2, 0) is 10.5 Å². The highest BCUT2D eigenvalue weighted by Crippen LogP contribution is 2.23. The van der Waals surface area contributed by atoms with E-state index in [0.717, 1.165) is 49.3 Å². The second-order valence-electron chi connectivity index (χ2n) is 7.14. The molecule has 0 spiro atoms. The van der Waals surface area contributed by atoms with Crippen LogP contribution in [0.15, 0.2) is 67.0 Å². The van der Waals surface area contributed by atoms with Crippen molar-refractivity contribution >= 4 is 23.6 Å². The first-order chi connectivity index (χ1) is 14.7. The molecule has 0 saturated carbocycles. The largest absolute Gasteiger partial charge is 0.497 e. The molecule has 1 aliphatic rings. The van der Waals surface area contributed by atoms with Crippen LogP contribution in [0.5, 0.6) is 5.75 Å². The third-order valence-corrected chi connectivity index (χ3v) is 6.19. The zero-order valence-electron chi connectivity index (χ0n) is 17.1. The molecule has 0 atom stereocenters. The maximum absolute atomic E-state index is 12.6. The Kier molecular flexibility index (Phi) is 6.59. The third-order valence-electron chi connectivity index (χ3n) is 5.21. The molecular formula is C23H26N4O2S. The second kappa shape index (κ2) is 9.71. The lowest BCUT2D eigenvalue weighted by Gasteiger charge is -2.35. The topological polar surface area (TPSA) is 50.6 Å². The standard InChI is InChI=1S/C23H26N4O2S/c1-29-21-9-5-8-20(16-21)27-11-10-24-23(27)26-14-12-25(13-15-26)22(28)18-30-17-19-6-3-2-4-7-19/h2-11,16H,12-15,17-18H2,1H3. The molecule has 2 aromatic carbocycles. The molecule has 1 aliphatic heterocycles. The molecule has 1 amide bonds. The Bertz CT molecular complexity index is 968. The van der Waals surface area contributed by atoms with Gasteiger partial charge in [0.05, 0.1) is 18.6 Å². The average Bonchev–Trinajstić information content (AvgIpc) is 3.30. The fourth-order valence-corrected chi connectivity index (χ4v) is 4.46. The number of ether oxygens (including phenoxy) is 1. The summed E-state index contributed by atoms with van der Waals surface area (Å²) in [6.07, 6.45) is 3.77. The van der Waals surface area contributed by atoms with Crippen LogP contribution >= 0.6 is 11.8 Å². The van der Waals surface area contributed by atoms with Crippen molar-refractivity contribution in [3.05, 3.63) is 72.6 Å². The van der Waals surface area contributed by atoms with Gasteiger partial charge in [-0.3, -0.25) is 9.36 Å². The summed E-state index contributed by atoms with van der Waals surface area (Å²) in [5.41, 5.74) is 2.27. The third kappa shape index (κ3) is 4.79. The molecular weight excluding hydrogens is 396 g/mol. The van der Waals surface area contributed by atoms with Gasteiger partial charge < -0.3 is 14.5 Å². The summed E-state index contributed by atoms with van der Waals surface area (Å²) in [5.74, 6) is 3.31. The second-order valence-corrected chi connectivity index (χ2v) is 8.13. The van der Waals surface area contributed by atoms with Gasteiger partial charge in [-0.05, 0) is 17.7 Å². The van der Waals surface area contributed by atoms with E-state index in [1.807, 2.05) is 59.8 Å². The lowest BCUT2D eigenvalue weighted by molar-refractivity contribution is -0.128. The van der Waals surface area contributed by atoms with Crippen molar-refractivity contribution < 1.29 is 9.53 Å². The molecule has 1 aromatic heterocycles. The first-order valence-corrected chi connectivity index (χ1v) is 11.2. The molecule has 0 unspecified atom stereocenters. The number of nitrogens with zero attached hydrogens (tertiary/aromatic N) is 4. The molecule has 0 bridgehead atoms. The lowest BCUT2D eigenvalue weighted by atomic mass is 10.2. The van der Waals surface area contributed by atoms with E-state index in [2.05, 4.69) is 26.6 Å². The number of carbonyl (C=O) groups excluding carboxylic acids is 1. The fraction of sp³-hybridized carbons (Fsp3) is 0.304. The number of amides is 1. The van der Waals surface area contributed by atoms with E-state index in [1.54, 1.807) is 18.9 Å². The van der Waals surface area contributed by atoms with E-state index in [1.165, 1.54) is 5.56 Å². The first kappa shape index (κ1) is 20.3. The number of thioether (sulfide) groups is 1. The molecule has 4 rings (SSSR count). The number of benzene rings is 2. The fourth-order valence-electron chi connectivity index (χ4n) is 3.57. The van der Waals surface area contributed by atoms with Crippen molar-refractivity contribution in [2.24, 2.45) is 0 Å². The summed E-state index contributed by atoms with van der Waals surface area (Å²) in [4.78, 5) is 21.4. The highest BCUT2D eigenvalue weighted by atomic mass is 32.2. The normalized spacial score (nSPS) is 14.0. The Morgan fingerprint density at radius 1 is 1.07 bits per heavy atom. The van der Waals surface area contributed by atoms with Crippen LogP contribution in [0, 0.1) is 0 Å². The molecule has 0 N–H and O–H groups in total. The van der Waals surface area contributed by atoms with Crippen LogP contribution in [0.4, 0.5) is 5.95 Å². The molecule has 0 aliphatic carbocycles. The van der Waals surface area contributed by atoms with Crippen LogP contribution in [0.25, 0.3) is 5.69 Å². The molecule has 156 valence electrons. The highest BCUT2D eigenvalue weighted by Gasteiger charge is 2.23. The predicted molar refractivity (Wildman–Crippen MR) is 122 cm³/mol. The van der Waals surface area contributed by atoms with Crippen LogP contribution in [0.1, 0.15) is 5.56 Å². The van der Waals surface area contributed by atoms with E-state index in [4.69, 9.17) is 4.74 Å². The molecule has 3 aromatic rings. The van der Waals surface area contributed by atoms with Crippen molar-refractivity contribution in [2.45, 2.75) is 5.75 Å². The summed E-state index contributed by atoms with van der Waals surface area (Å²) in [6, 6.07) is 18.2. The van der Waals surface area contributed by atoms with Gasteiger partial charge in [0.1, 0.15) is 5.75 Å². The molecule has 6 nitrogen and oxygen atoms in total. The number of hydrogen-bond acceptors (Lipinski definition) is 5. The van der Waals surface area contributed by atoms with Crippen LogP contribution in [0.3, 0.4) is 0 Å². The Balaban J connectivity index is 1.32. The minimum Gasteiger partial charge on any atom is -0.497 e. The smallest absolute Gasteiger partial charge is 0.232 e. The molecule has 1 fully saturated rings. The first-order valence-electron chi connectivity index (χ1n) is 10.1. The lowest BCUT2D eigenvalue weighted by Crippen LogP contribution is -2.50. The van der Waals surface area contributed by atoms with Crippen LogP contribution in [0.2, 0.25) is 0 Å². The summed E-state index contributed by atoms with van der Waals surface area (Å²) in [7, 11) is 1.67. The molecule has 1 saturated heterocycles. The van der Waals surface area contributed by atoms with Crippen molar-refractivity contribution in [3.63, 3.8) is 0 Å².